The van der Waals surface area contributed by atoms with Gasteiger partial charge < -0.3 is 14.4 Å². The Hall–Kier alpha value is -0.910. The topological polar surface area (TPSA) is 38.8 Å². The van der Waals surface area contributed by atoms with E-state index >= 15 is 0 Å². The molecule has 19 heavy (non-hydrogen) atoms. The fourth-order valence-corrected chi connectivity index (χ4v) is 2.87. The van der Waals surface area contributed by atoms with Crippen molar-refractivity contribution in [2.24, 2.45) is 0 Å². The zero-order valence-electron chi connectivity index (χ0n) is 10.6. The third kappa shape index (κ3) is 2.99. The molecule has 102 valence electrons. The van der Waals surface area contributed by atoms with Crippen LogP contribution in [0.3, 0.4) is 0 Å². The van der Waals surface area contributed by atoms with Gasteiger partial charge in [-0.25, -0.2) is 0 Å². The van der Waals surface area contributed by atoms with Gasteiger partial charge in [0, 0.05) is 17.6 Å². The van der Waals surface area contributed by atoms with Crippen molar-refractivity contribution in [3.05, 3.63) is 33.8 Å². The number of benzene rings is 1. The second-order valence-corrected chi connectivity index (χ2v) is 5.81. The van der Waals surface area contributed by atoms with Crippen LogP contribution in [0.25, 0.3) is 0 Å². The third-order valence-corrected chi connectivity index (χ3v) is 3.97. The summed E-state index contributed by atoms with van der Waals surface area (Å²) in [6, 6.07) is 6.16. The highest BCUT2D eigenvalue weighted by Gasteiger charge is 2.26. The van der Waals surface area contributed by atoms with Crippen LogP contribution in [0.5, 0.6) is 0 Å². The third-order valence-electron chi connectivity index (χ3n) is 3.48. The Balaban J connectivity index is 1.60. The van der Waals surface area contributed by atoms with E-state index < -0.39 is 0 Å². The molecule has 0 spiro atoms. The van der Waals surface area contributed by atoms with E-state index in [9.17, 15) is 4.79 Å². The van der Waals surface area contributed by atoms with Crippen LogP contribution < -0.4 is 0 Å². The minimum Gasteiger partial charge on any atom is -0.352 e. The second-order valence-electron chi connectivity index (χ2n) is 4.89. The number of rotatable bonds is 2. The van der Waals surface area contributed by atoms with Gasteiger partial charge in [-0.05, 0) is 29.7 Å². The lowest BCUT2D eigenvalue weighted by Gasteiger charge is -2.24. The first kappa shape index (κ1) is 13.1. The first-order chi connectivity index (χ1) is 9.22. The van der Waals surface area contributed by atoms with Crippen LogP contribution in [-0.4, -0.2) is 30.3 Å². The highest BCUT2D eigenvalue weighted by molar-refractivity contribution is 9.10. The monoisotopic (exact) mass is 325 g/mol. The Labute approximate surface area is 120 Å². The van der Waals surface area contributed by atoms with E-state index in [2.05, 4.69) is 28.1 Å². The van der Waals surface area contributed by atoms with Gasteiger partial charge in [-0.15, -0.1) is 0 Å². The smallest absolute Gasteiger partial charge is 0.228 e. The number of fused-ring (bicyclic) bond motifs is 1. The van der Waals surface area contributed by atoms with Gasteiger partial charge in [-0.3, -0.25) is 4.79 Å². The molecule has 0 bridgehead atoms. The molecule has 2 heterocycles. The average Bonchev–Trinajstić information content (AvgIpc) is 2.83. The van der Waals surface area contributed by atoms with Gasteiger partial charge in [0.1, 0.15) is 0 Å². The van der Waals surface area contributed by atoms with Gasteiger partial charge in [-0.2, -0.15) is 0 Å². The maximum atomic E-state index is 12.2. The first-order valence-electron chi connectivity index (χ1n) is 6.50. The van der Waals surface area contributed by atoms with Crippen molar-refractivity contribution in [3.63, 3.8) is 0 Å². The Bertz CT molecular complexity index is 486. The number of halogens is 1. The van der Waals surface area contributed by atoms with Gasteiger partial charge in [0.2, 0.25) is 5.91 Å². The molecule has 5 heteroatoms. The van der Waals surface area contributed by atoms with Crippen LogP contribution in [-0.2, 0) is 27.4 Å². The minimum absolute atomic E-state index is 0.0965. The van der Waals surface area contributed by atoms with Gasteiger partial charge in [0.25, 0.3) is 0 Å². The fraction of sp³-hybridized carbons (Fsp3) is 0.500. The summed E-state index contributed by atoms with van der Waals surface area (Å²) in [6.45, 7) is 2.74. The van der Waals surface area contributed by atoms with E-state index in [1.165, 1.54) is 11.1 Å². The number of ether oxygens (including phenoxy) is 2. The molecule has 1 amide bonds. The van der Waals surface area contributed by atoms with Crippen LogP contribution in [0, 0.1) is 0 Å². The van der Waals surface area contributed by atoms with Crippen LogP contribution in [0.2, 0.25) is 0 Å². The Kier molecular flexibility index (Phi) is 3.86. The molecule has 0 N–H and O–H groups in total. The van der Waals surface area contributed by atoms with E-state index in [4.69, 9.17) is 9.47 Å². The van der Waals surface area contributed by atoms with E-state index in [1.54, 1.807) is 0 Å². The molecule has 0 saturated carbocycles. The molecule has 0 unspecified atom stereocenters. The van der Waals surface area contributed by atoms with Crippen LogP contribution in [0.15, 0.2) is 22.7 Å². The summed E-state index contributed by atoms with van der Waals surface area (Å²) >= 11 is 3.46. The first-order valence-corrected chi connectivity index (χ1v) is 7.30. The largest absolute Gasteiger partial charge is 0.352 e. The predicted molar refractivity (Wildman–Crippen MR) is 73.3 cm³/mol. The van der Waals surface area contributed by atoms with Crippen molar-refractivity contribution in [1.82, 2.24) is 4.90 Å². The fourth-order valence-electron chi connectivity index (χ4n) is 2.47. The maximum absolute atomic E-state index is 12.2. The molecule has 0 atom stereocenters. The lowest BCUT2D eigenvalue weighted by molar-refractivity contribution is -0.187. The molecular formula is C14H16BrNO3. The molecule has 4 nitrogen and oxygen atoms in total. The highest BCUT2D eigenvalue weighted by Crippen LogP contribution is 2.26. The van der Waals surface area contributed by atoms with Crippen LogP contribution >= 0.6 is 15.9 Å². The summed E-state index contributed by atoms with van der Waals surface area (Å²) < 4.78 is 11.9. The van der Waals surface area contributed by atoms with Crippen molar-refractivity contribution in [3.8, 4) is 0 Å². The van der Waals surface area contributed by atoms with Crippen LogP contribution in [0.4, 0.5) is 0 Å². The predicted octanol–water partition coefficient (Wildman–Crippen LogP) is 2.44. The standard InChI is InChI=1S/C14H16BrNO3/c15-12-3-2-10-8-16(9-11(10)6-12)13(17)7-14-18-4-1-5-19-14/h2-3,6,14H,1,4-5,7-9H2. The lowest BCUT2D eigenvalue weighted by atomic mass is 10.1. The van der Waals surface area contributed by atoms with Crippen molar-refractivity contribution < 1.29 is 14.3 Å². The van der Waals surface area contributed by atoms with E-state index in [0.717, 1.165) is 10.9 Å². The number of carbonyl (C=O) groups excluding carboxylic acids is 1. The van der Waals surface area contributed by atoms with Crippen molar-refractivity contribution in [2.45, 2.75) is 32.2 Å². The molecule has 0 aliphatic carbocycles. The minimum atomic E-state index is -0.364. The summed E-state index contributed by atoms with van der Waals surface area (Å²) in [5.41, 5.74) is 2.44. The Morgan fingerprint density at radius 3 is 2.79 bits per heavy atom. The zero-order valence-corrected chi connectivity index (χ0v) is 12.2. The molecule has 1 fully saturated rings. The quantitative estimate of drug-likeness (QED) is 0.838. The van der Waals surface area contributed by atoms with Gasteiger partial charge in [-0.1, -0.05) is 22.0 Å². The van der Waals surface area contributed by atoms with Gasteiger partial charge >= 0.3 is 0 Å². The second kappa shape index (κ2) is 5.61. The molecule has 1 aromatic rings. The van der Waals surface area contributed by atoms with Gasteiger partial charge in [0.15, 0.2) is 6.29 Å². The summed E-state index contributed by atoms with van der Waals surface area (Å²) in [5, 5.41) is 0. The molecule has 2 aliphatic rings. The molecule has 0 radical (unpaired) electrons. The summed E-state index contributed by atoms with van der Waals surface area (Å²) in [4.78, 5) is 14.1. The Morgan fingerprint density at radius 1 is 1.26 bits per heavy atom. The van der Waals surface area contributed by atoms with E-state index in [0.29, 0.717) is 32.7 Å². The number of nitrogens with zero attached hydrogens (tertiary/aromatic N) is 1. The number of hydrogen-bond acceptors (Lipinski definition) is 3. The van der Waals surface area contributed by atoms with Gasteiger partial charge in [0.05, 0.1) is 19.6 Å². The molecule has 0 aromatic heterocycles. The SMILES string of the molecule is O=C(CC1OCCCO1)N1Cc2ccc(Br)cc2C1. The molecule has 1 aromatic carbocycles. The van der Waals surface area contributed by atoms with Crippen LogP contribution in [0.1, 0.15) is 24.0 Å². The van der Waals surface area contributed by atoms with E-state index in [1.807, 2.05) is 11.0 Å². The number of carbonyl (C=O) groups is 1. The summed E-state index contributed by atoms with van der Waals surface area (Å²) in [5.74, 6) is 0.0965. The van der Waals surface area contributed by atoms with Crippen molar-refractivity contribution in [1.29, 1.82) is 0 Å². The lowest BCUT2D eigenvalue weighted by Crippen LogP contribution is -2.33. The number of hydrogen-bond donors (Lipinski definition) is 0. The molecular weight excluding hydrogens is 310 g/mol. The normalized spacial score (nSPS) is 19.5. The molecule has 1 saturated heterocycles. The van der Waals surface area contributed by atoms with Crippen molar-refractivity contribution in [2.75, 3.05) is 13.2 Å². The number of amides is 1. The zero-order chi connectivity index (χ0) is 13.2. The molecule has 2 aliphatic heterocycles. The summed E-state index contributed by atoms with van der Waals surface area (Å²) in [7, 11) is 0. The summed E-state index contributed by atoms with van der Waals surface area (Å²) in [6.07, 6.45) is 0.861. The Morgan fingerprint density at radius 2 is 2.00 bits per heavy atom. The highest BCUT2D eigenvalue weighted by atomic mass is 79.9. The van der Waals surface area contributed by atoms with E-state index in [-0.39, 0.29) is 12.2 Å². The average molecular weight is 326 g/mol. The maximum Gasteiger partial charge on any atom is 0.228 e. The van der Waals surface area contributed by atoms with Crippen molar-refractivity contribution >= 4 is 21.8 Å². The molecule has 3 rings (SSSR count).